The summed E-state index contributed by atoms with van der Waals surface area (Å²) in [5.74, 6) is -7.54. The summed E-state index contributed by atoms with van der Waals surface area (Å²) in [4.78, 5) is 21.9. The van der Waals surface area contributed by atoms with Crippen molar-refractivity contribution < 1.29 is 23.1 Å². The third-order valence-electron chi connectivity index (χ3n) is 1.76. The van der Waals surface area contributed by atoms with Gasteiger partial charge in [-0.3, -0.25) is 4.79 Å². The number of ketones is 1. The fourth-order valence-corrected chi connectivity index (χ4v) is 0.992. The normalized spacial score (nSPS) is 10.9. The second kappa shape index (κ2) is 4.16. The van der Waals surface area contributed by atoms with Gasteiger partial charge < -0.3 is 4.74 Å². The van der Waals surface area contributed by atoms with Crippen LogP contribution in [-0.2, 0) is 9.53 Å². The Hall–Kier alpha value is -1.78. The molecule has 0 saturated heterocycles. The minimum atomic E-state index is -4.13. The van der Waals surface area contributed by atoms with E-state index in [9.17, 15) is 18.4 Å². The monoisotopic (exact) mass is 214 g/mol. The summed E-state index contributed by atoms with van der Waals surface area (Å²) in [6.45, 7) is 0. The molecule has 0 spiro atoms. The molecule has 1 aromatic rings. The zero-order valence-electron chi connectivity index (χ0n) is 7.87. The highest BCUT2D eigenvalue weighted by atomic mass is 19.3. The minimum absolute atomic E-state index is 0.229. The van der Waals surface area contributed by atoms with Gasteiger partial charge >= 0.3 is 11.9 Å². The van der Waals surface area contributed by atoms with Gasteiger partial charge in [0.05, 0.1) is 7.11 Å². The first-order valence-corrected chi connectivity index (χ1v) is 4.06. The number of ether oxygens (including phenoxy) is 1. The van der Waals surface area contributed by atoms with Crippen LogP contribution in [0.25, 0.3) is 0 Å². The topological polar surface area (TPSA) is 43.4 Å². The maximum absolute atomic E-state index is 13.1. The van der Waals surface area contributed by atoms with E-state index in [2.05, 4.69) is 4.74 Å². The SMILES string of the molecule is COC(=O)C(F)(F)C(=O)c1ccccc1. The van der Waals surface area contributed by atoms with Crippen molar-refractivity contribution in [2.75, 3.05) is 7.11 Å². The van der Waals surface area contributed by atoms with Crippen LogP contribution in [0.2, 0.25) is 0 Å². The van der Waals surface area contributed by atoms with E-state index in [4.69, 9.17) is 0 Å². The van der Waals surface area contributed by atoms with Crippen molar-refractivity contribution in [2.45, 2.75) is 5.92 Å². The van der Waals surface area contributed by atoms with Gasteiger partial charge in [-0.1, -0.05) is 30.3 Å². The fraction of sp³-hybridized carbons (Fsp3) is 0.200. The van der Waals surface area contributed by atoms with Crippen molar-refractivity contribution in [3.05, 3.63) is 35.9 Å². The van der Waals surface area contributed by atoms with E-state index in [1.54, 1.807) is 6.07 Å². The molecule has 80 valence electrons. The summed E-state index contributed by atoms with van der Waals surface area (Å²) >= 11 is 0. The molecule has 0 amide bonds. The number of halogens is 2. The molecular weight excluding hydrogens is 206 g/mol. The zero-order chi connectivity index (χ0) is 11.5. The molecule has 0 radical (unpaired) electrons. The second-order valence-corrected chi connectivity index (χ2v) is 2.76. The lowest BCUT2D eigenvalue weighted by molar-refractivity contribution is -0.161. The highest BCUT2D eigenvalue weighted by molar-refractivity contribution is 6.13. The summed E-state index contributed by atoms with van der Waals surface area (Å²) in [6, 6.07) is 6.85. The average molecular weight is 214 g/mol. The van der Waals surface area contributed by atoms with Gasteiger partial charge in [-0.15, -0.1) is 0 Å². The number of esters is 1. The average Bonchev–Trinajstić information content (AvgIpc) is 2.28. The number of hydrogen-bond donors (Lipinski definition) is 0. The van der Waals surface area contributed by atoms with E-state index in [-0.39, 0.29) is 5.56 Å². The number of carbonyl (C=O) groups excluding carboxylic acids is 2. The van der Waals surface area contributed by atoms with Crippen LogP contribution in [0, 0.1) is 0 Å². The molecule has 5 heteroatoms. The Morgan fingerprint density at radius 3 is 2.20 bits per heavy atom. The minimum Gasteiger partial charge on any atom is -0.464 e. The smallest absolute Gasteiger partial charge is 0.404 e. The van der Waals surface area contributed by atoms with Gasteiger partial charge in [-0.25, -0.2) is 4.79 Å². The molecule has 0 N–H and O–H groups in total. The number of rotatable bonds is 3. The molecule has 0 atom stereocenters. The quantitative estimate of drug-likeness (QED) is 0.436. The Balaban J connectivity index is 3.00. The maximum Gasteiger partial charge on any atom is 0.404 e. The lowest BCUT2D eigenvalue weighted by atomic mass is 10.1. The predicted molar refractivity (Wildman–Crippen MR) is 47.7 cm³/mol. The molecular formula is C10H8F2O3. The predicted octanol–water partition coefficient (Wildman–Crippen LogP) is 1.68. The van der Waals surface area contributed by atoms with Crippen LogP contribution in [0.4, 0.5) is 8.78 Å². The Morgan fingerprint density at radius 1 is 1.20 bits per heavy atom. The largest absolute Gasteiger partial charge is 0.464 e. The van der Waals surface area contributed by atoms with Crippen molar-refractivity contribution in [3.8, 4) is 0 Å². The summed E-state index contributed by atoms with van der Waals surface area (Å²) < 4.78 is 30.0. The van der Waals surface area contributed by atoms with Gasteiger partial charge in [0, 0.05) is 5.56 Å². The van der Waals surface area contributed by atoms with Crippen LogP contribution in [0.1, 0.15) is 10.4 Å². The van der Waals surface area contributed by atoms with Crippen molar-refractivity contribution in [3.63, 3.8) is 0 Å². The fourth-order valence-electron chi connectivity index (χ4n) is 0.992. The van der Waals surface area contributed by atoms with Crippen LogP contribution in [0.3, 0.4) is 0 Å². The lowest BCUT2D eigenvalue weighted by Crippen LogP contribution is -2.38. The molecule has 0 unspecified atom stereocenters. The molecule has 15 heavy (non-hydrogen) atoms. The molecule has 1 rings (SSSR count). The molecule has 1 aromatic carbocycles. The Bertz CT molecular complexity index is 374. The summed E-state index contributed by atoms with van der Waals surface area (Å²) in [5.41, 5.74) is -0.229. The second-order valence-electron chi connectivity index (χ2n) is 2.76. The molecule has 0 aliphatic heterocycles. The van der Waals surface area contributed by atoms with E-state index in [0.717, 1.165) is 7.11 Å². The molecule has 0 heterocycles. The van der Waals surface area contributed by atoms with Gasteiger partial charge in [0.2, 0.25) is 5.78 Å². The van der Waals surface area contributed by atoms with Crippen LogP contribution in [-0.4, -0.2) is 24.8 Å². The third kappa shape index (κ3) is 2.18. The van der Waals surface area contributed by atoms with Crippen molar-refractivity contribution in [1.29, 1.82) is 0 Å². The van der Waals surface area contributed by atoms with Gasteiger partial charge in [-0.2, -0.15) is 8.78 Å². The standard InChI is InChI=1S/C10H8F2O3/c1-15-9(14)10(11,12)8(13)7-5-3-2-4-6-7/h2-6H,1H3. The zero-order valence-corrected chi connectivity index (χ0v) is 7.87. The summed E-state index contributed by atoms with van der Waals surface area (Å²) in [7, 11) is 0.800. The molecule has 0 aliphatic carbocycles. The first-order chi connectivity index (χ1) is 7.00. The number of Topliss-reactive ketones (excluding diaryl/α,β-unsaturated/α-hetero) is 1. The Labute approximate surface area is 84.7 Å². The summed E-state index contributed by atoms with van der Waals surface area (Å²) in [6.07, 6.45) is 0. The number of hydrogen-bond acceptors (Lipinski definition) is 3. The Morgan fingerprint density at radius 2 is 1.73 bits per heavy atom. The highest BCUT2D eigenvalue weighted by Gasteiger charge is 2.48. The van der Waals surface area contributed by atoms with Crippen LogP contribution < -0.4 is 0 Å². The van der Waals surface area contributed by atoms with Gasteiger partial charge in [0.25, 0.3) is 0 Å². The Kier molecular flexibility index (Phi) is 3.14. The first kappa shape index (κ1) is 11.3. The van der Waals surface area contributed by atoms with E-state index >= 15 is 0 Å². The van der Waals surface area contributed by atoms with E-state index in [1.807, 2.05) is 0 Å². The van der Waals surface area contributed by atoms with Crippen molar-refractivity contribution in [2.24, 2.45) is 0 Å². The number of alkyl halides is 2. The molecule has 0 bridgehead atoms. The first-order valence-electron chi connectivity index (χ1n) is 4.06. The number of methoxy groups -OCH3 is 1. The highest BCUT2D eigenvalue weighted by Crippen LogP contribution is 2.21. The molecule has 3 nitrogen and oxygen atoms in total. The van der Waals surface area contributed by atoms with Crippen LogP contribution in [0.5, 0.6) is 0 Å². The van der Waals surface area contributed by atoms with Gasteiger partial charge in [0.1, 0.15) is 0 Å². The van der Waals surface area contributed by atoms with E-state index in [0.29, 0.717) is 0 Å². The maximum atomic E-state index is 13.1. The van der Waals surface area contributed by atoms with E-state index in [1.165, 1.54) is 24.3 Å². The van der Waals surface area contributed by atoms with Crippen molar-refractivity contribution in [1.82, 2.24) is 0 Å². The van der Waals surface area contributed by atoms with Gasteiger partial charge in [-0.05, 0) is 0 Å². The summed E-state index contributed by atoms with van der Waals surface area (Å²) in [5, 5.41) is 0. The molecule has 0 aliphatic rings. The number of benzene rings is 1. The van der Waals surface area contributed by atoms with Crippen LogP contribution >= 0.6 is 0 Å². The molecule has 0 fully saturated rings. The molecule has 0 saturated carbocycles. The van der Waals surface area contributed by atoms with E-state index < -0.39 is 17.7 Å². The number of carbonyl (C=O) groups is 2. The van der Waals surface area contributed by atoms with Crippen LogP contribution in [0.15, 0.2) is 30.3 Å². The third-order valence-corrected chi connectivity index (χ3v) is 1.76. The molecule has 0 aromatic heterocycles. The lowest BCUT2D eigenvalue weighted by Gasteiger charge is -2.11. The van der Waals surface area contributed by atoms with Crippen molar-refractivity contribution >= 4 is 11.8 Å². The van der Waals surface area contributed by atoms with Gasteiger partial charge in [0.15, 0.2) is 0 Å².